The molecule has 4 heteroatoms. The number of hydrogen-bond donors (Lipinski definition) is 0. The summed E-state index contributed by atoms with van der Waals surface area (Å²) in [6.45, 7) is 0.836. The van der Waals surface area contributed by atoms with E-state index in [2.05, 4.69) is 15.9 Å². The summed E-state index contributed by atoms with van der Waals surface area (Å²) in [7, 11) is 1.02. The first-order chi connectivity index (χ1) is 3.68. The summed E-state index contributed by atoms with van der Waals surface area (Å²) in [5, 5.41) is 0.878. The van der Waals surface area contributed by atoms with E-state index in [1.54, 1.807) is 10.6 Å². The van der Waals surface area contributed by atoms with Crippen LogP contribution in [0, 0.1) is 0 Å². The van der Waals surface area contributed by atoms with Crippen LogP contribution in [0.5, 0.6) is 0 Å². The summed E-state index contributed by atoms with van der Waals surface area (Å²) < 4.78 is 12.3. The molecular weight excluding hydrogens is 190 g/mol. The third kappa shape index (κ3) is 3.57. The Morgan fingerprint density at radius 1 is 1.75 bits per heavy atom. The van der Waals surface area contributed by atoms with E-state index in [4.69, 9.17) is 0 Å². The fraction of sp³-hybridized carbons (Fsp3) is 1.00. The van der Waals surface area contributed by atoms with Gasteiger partial charge in [0.15, 0.2) is 0 Å². The average molecular weight is 200 g/mol. The van der Waals surface area contributed by atoms with E-state index in [0.717, 1.165) is 11.9 Å². The van der Waals surface area contributed by atoms with Crippen LogP contribution in [-0.4, -0.2) is 33.7 Å². The maximum Gasteiger partial charge on any atom is 0.0908 e. The van der Waals surface area contributed by atoms with Crippen molar-refractivity contribution in [1.29, 1.82) is 0 Å². The zero-order chi connectivity index (χ0) is 6.57. The van der Waals surface area contributed by atoms with Gasteiger partial charge in [-0.15, -0.1) is 0 Å². The quantitative estimate of drug-likeness (QED) is 0.611. The highest BCUT2D eigenvalue weighted by atomic mass is 79.9. The Balaban J connectivity index is 3.32. The Kier molecular flexibility index (Phi) is 4.80. The van der Waals surface area contributed by atoms with E-state index < -0.39 is 11.0 Å². The Bertz CT molecular complexity index is 88.1. The number of alkyl halides is 1. The predicted molar refractivity (Wildman–Crippen MR) is 40.5 cm³/mol. The Hall–Kier alpha value is 0.590. The largest absolute Gasteiger partial charge is 0.243 e. The monoisotopic (exact) mass is 199 g/mol. The van der Waals surface area contributed by atoms with E-state index in [1.165, 1.54) is 0 Å². The first kappa shape index (κ1) is 8.59. The van der Waals surface area contributed by atoms with Gasteiger partial charge in [0.2, 0.25) is 0 Å². The summed E-state index contributed by atoms with van der Waals surface area (Å²) in [6.07, 6.45) is 1.67. The van der Waals surface area contributed by atoms with Crippen molar-refractivity contribution in [1.82, 2.24) is 4.31 Å². The standard InChI is InChI=1S/C4H10BrNOS/c1-6(4-3-5)8(2)7/h3-4H2,1-2H3. The van der Waals surface area contributed by atoms with Gasteiger partial charge in [0.1, 0.15) is 0 Å². The molecule has 0 radical (unpaired) electrons. The van der Waals surface area contributed by atoms with Crippen molar-refractivity contribution < 1.29 is 4.21 Å². The van der Waals surface area contributed by atoms with Crippen molar-refractivity contribution in [2.75, 3.05) is 25.2 Å². The molecule has 0 bridgehead atoms. The molecule has 8 heavy (non-hydrogen) atoms. The summed E-state index contributed by atoms with van der Waals surface area (Å²) in [5.41, 5.74) is 0. The van der Waals surface area contributed by atoms with Gasteiger partial charge in [-0.3, -0.25) is 0 Å². The normalized spacial score (nSPS) is 14.5. The van der Waals surface area contributed by atoms with Crippen molar-refractivity contribution in [3.8, 4) is 0 Å². The topological polar surface area (TPSA) is 20.3 Å². The van der Waals surface area contributed by atoms with E-state index >= 15 is 0 Å². The van der Waals surface area contributed by atoms with Gasteiger partial charge in [-0.25, -0.2) is 8.51 Å². The molecule has 0 aliphatic carbocycles. The molecule has 0 saturated carbocycles. The Labute approximate surface area is 61.0 Å². The van der Waals surface area contributed by atoms with Crippen molar-refractivity contribution in [3.05, 3.63) is 0 Å². The maximum absolute atomic E-state index is 10.5. The first-order valence-corrected chi connectivity index (χ1v) is 4.92. The molecule has 0 rings (SSSR count). The van der Waals surface area contributed by atoms with Gasteiger partial charge in [0, 0.05) is 18.1 Å². The molecule has 0 heterocycles. The number of halogens is 1. The summed E-state index contributed by atoms with van der Waals surface area (Å²) in [4.78, 5) is 0. The second-order valence-electron chi connectivity index (χ2n) is 1.46. The highest BCUT2D eigenvalue weighted by molar-refractivity contribution is 9.09. The van der Waals surface area contributed by atoms with E-state index in [1.807, 2.05) is 7.05 Å². The lowest BCUT2D eigenvalue weighted by molar-refractivity contribution is 0.557. The molecule has 0 aliphatic heterocycles. The van der Waals surface area contributed by atoms with Crippen LogP contribution in [0.4, 0.5) is 0 Å². The highest BCUT2D eigenvalue weighted by Gasteiger charge is 1.97. The lowest BCUT2D eigenvalue weighted by atomic mass is 10.8. The third-order valence-electron chi connectivity index (χ3n) is 0.838. The minimum Gasteiger partial charge on any atom is -0.243 e. The summed E-state index contributed by atoms with van der Waals surface area (Å²) >= 11 is 3.24. The lowest BCUT2D eigenvalue weighted by Gasteiger charge is -2.08. The number of hydrogen-bond acceptors (Lipinski definition) is 1. The van der Waals surface area contributed by atoms with Crippen LogP contribution >= 0.6 is 15.9 Å². The third-order valence-corrected chi connectivity index (χ3v) is 2.25. The van der Waals surface area contributed by atoms with Gasteiger partial charge in [0.05, 0.1) is 11.0 Å². The van der Waals surface area contributed by atoms with Crippen LogP contribution in [0.25, 0.3) is 0 Å². The van der Waals surface area contributed by atoms with Crippen LogP contribution in [0.3, 0.4) is 0 Å². The van der Waals surface area contributed by atoms with Crippen LogP contribution in [0.15, 0.2) is 0 Å². The molecule has 0 aromatic rings. The molecule has 1 unspecified atom stereocenters. The molecule has 0 fully saturated rings. The molecule has 1 atom stereocenters. The smallest absolute Gasteiger partial charge is 0.0908 e. The van der Waals surface area contributed by atoms with Crippen LogP contribution in [-0.2, 0) is 11.0 Å². The second kappa shape index (κ2) is 4.47. The maximum atomic E-state index is 10.5. The molecule has 0 spiro atoms. The molecule has 0 aliphatic rings. The van der Waals surface area contributed by atoms with Gasteiger partial charge in [-0.1, -0.05) is 15.9 Å². The zero-order valence-corrected chi connectivity index (χ0v) is 7.46. The van der Waals surface area contributed by atoms with Gasteiger partial charge in [0.25, 0.3) is 0 Å². The van der Waals surface area contributed by atoms with E-state index in [9.17, 15) is 4.21 Å². The fourth-order valence-corrected chi connectivity index (χ4v) is 1.36. The van der Waals surface area contributed by atoms with Gasteiger partial charge in [-0.05, 0) is 7.05 Å². The van der Waals surface area contributed by atoms with Crippen LogP contribution < -0.4 is 0 Å². The Morgan fingerprint density at radius 2 is 2.25 bits per heavy atom. The minimum atomic E-state index is -0.807. The average Bonchev–Trinajstić information content (AvgIpc) is 1.67. The molecule has 0 saturated heterocycles. The van der Waals surface area contributed by atoms with Crippen LogP contribution in [0.1, 0.15) is 0 Å². The number of nitrogens with zero attached hydrogens (tertiary/aromatic N) is 1. The molecule has 0 amide bonds. The lowest BCUT2D eigenvalue weighted by Crippen LogP contribution is -2.21. The predicted octanol–water partition coefficient (Wildman–Crippen LogP) is 0.607. The molecule has 0 aromatic heterocycles. The van der Waals surface area contributed by atoms with Crippen molar-refractivity contribution in [3.63, 3.8) is 0 Å². The summed E-state index contributed by atoms with van der Waals surface area (Å²) in [5.74, 6) is 0. The zero-order valence-electron chi connectivity index (χ0n) is 5.06. The fourth-order valence-electron chi connectivity index (χ4n) is 0.248. The van der Waals surface area contributed by atoms with Crippen molar-refractivity contribution in [2.24, 2.45) is 0 Å². The van der Waals surface area contributed by atoms with E-state index in [0.29, 0.717) is 0 Å². The summed E-state index contributed by atoms with van der Waals surface area (Å²) in [6, 6.07) is 0. The van der Waals surface area contributed by atoms with Gasteiger partial charge < -0.3 is 0 Å². The molecule has 0 aromatic carbocycles. The first-order valence-electron chi connectivity index (χ1n) is 2.29. The van der Waals surface area contributed by atoms with Gasteiger partial charge in [-0.2, -0.15) is 0 Å². The number of rotatable bonds is 3. The molecule has 50 valence electrons. The minimum absolute atomic E-state index is 0.807. The van der Waals surface area contributed by atoms with Crippen molar-refractivity contribution >= 4 is 26.9 Å². The van der Waals surface area contributed by atoms with Crippen molar-refractivity contribution in [2.45, 2.75) is 0 Å². The SMILES string of the molecule is CN(CCBr)S(C)=O. The Morgan fingerprint density at radius 3 is 2.38 bits per heavy atom. The van der Waals surface area contributed by atoms with Gasteiger partial charge >= 0.3 is 0 Å². The second-order valence-corrected chi connectivity index (χ2v) is 3.73. The molecule has 0 N–H and O–H groups in total. The molecule has 2 nitrogen and oxygen atoms in total. The van der Waals surface area contributed by atoms with Crippen LogP contribution in [0.2, 0.25) is 0 Å². The van der Waals surface area contributed by atoms with E-state index in [-0.39, 0.29) is 0 Å². The highest BCUT2D eigenvalue weighted by Crippen LogP contribution is 1.88. The molecular formula is C4H10BrNOS.